The number of hydrogen-bond donors (Lipinski definition) is 2. The van der Waals surface area contributed by atoms with Crippen LogP contribution in [0.15, 0.2) is 54.9 Å². The Hall–Kier alpha value is -4.55. The molecule has 2 N–H and O–H groups in total. The second kappa shape index (κ2) is 11.1. The lowest BCUT2D eigenvalue weighted by molar-refractivity contribution is 0.0996. The van der Waals surface area contributed by atoms with E-state index in [4.69, 9.17) is 4.98 Å². The largest absolute Gasteiger partial charge is 0.370 e. The van der Waals surface area contributed by atoms with Crippen LogP contribution in [0.1, 0.15) is 53.7 Å². The maximum absolute atomic E-state index is 13.7. The third-order valence-electron chi connectivity index (χ3n) is 7.63. The van der Waals surface area contributed by atoms with Gasteiger partial charge in [0.05, 0.1) is 18.2 Å². The highest BCUT2D eigenvalue weighted by Crippen LogP contribution is 2.37. The summed E-state index contributed by atoms with van der Waals surface area (Å²) < 4.78 is 1.85. The van der Waals surface area contributed by atoms with E-state index in [-0.39, 0.29) is 5.91 Å². The Morgan fingerprint density at radius 1 is 1.07 bits per heavy atom. The highest BCUT2D eigenvalue weighted by molar-refractivity contribution is 6.10. The van der Waals surface area contributed by atoms with Crippen LogP contribution in [0.5, 0.6) is 0 Å². The van der Waals surface area contributed by atoms with Crippen LogP contribution < -0.4 is 15.5 Å². The molecule has 3 heterocycles. The number of rotatable bonds is 10. The molecule has 0 unspecified atom stereocenters. The second-order valence-corrected chi connectivity index (χ2v) is 11.5. The topological polar surface area (TPSA) is 112 Å². The van der Waals surface area contributed by atoms with Crippen molar-refractivity contribution in [3.8, 4) is 28.6 Å². The van der Waals surface area contributed by atoms with Gasteiger partial charge < -0.3 is 15.2 Å². The SMILES string of the molecule is CC(C)CNc1cc(-c2cc(C#N)ccc2-c2nncn2C)cc(N2Cc3ccc(CNCC4CC4)cc3C2=O)n1. The second-order valence-electron chi connectivity index (χ2n) is 11.5. The molecular weight excluding hydrogens is 512 g/mol. The minimum atomic E-state index is -0.0530. The molecule has 0 saturated heterocycles. The maximum atomic E-state index is 13.7. The molecule has 0 atom stereocenters. The molecule has 2 aliphatic rings. The summed E-state index contributed by atoms with van der Waals surface area (Å²) in [4.78, 5) is 20.4. The van der Waals surface area contributed by atoms with E-state index in [1.165, 1.54) is 12.8 Å². The number of aryl methyl sites for hydroxylation is 1. The van der Waals surface area contributed by atoms with E-state index in [2.05, 4.69) is 52.9 Å². The molecule has 9 heteroatoms. The molecule has 4 aromatic rings. The summed E-state index contributed by atoms with van der Waals surface area (Å²) in [5.41, 5.74) is 5.88. The van der Waals surface area contributed by atoms with Crippen LogP contribution in [0, 0.1) is 23.2 Å². The fourth-order valence-corrected chi connectivity index (χ4v) is 5.17. The van der Waals surface area contributed by atoms with E-state index in [0.29, 0.717) is 35.5 Å². The standard InChI is InChI=1S/C32H34N8O/c1-20(2)15-35-29-12-25(27-10-22(14-33)7-9-26(27)31-38-36-19-39(31)3)13-30(37-29)40-18-24-8-6-23(11-28(24)32(40)41)17-34-16-21-4-5-21/h6-13,19-21,34H,4-5,15-18H2,1-3H3,(H,35,37). The predicted molar refractivity (Wildman–Crippen MR) is 159 cm³/mol. The average molecular weight is 547 g/mol. The van der Waals surface area contributed by atoms with Crippen LogP contribution in [-0.4, -0.2) is 38.7 Å². The van der Waals surface area contributed by atoms with E-state index in [0.717, 1.165) is 58.9 Å². The van der Waals surface area contributed by atoms with Crippen LogP contribution >= 0.6 is 0 Å². The molecule has 41 heavy (non-hydrogen) atoms. The van der Waals surface area contributed by atoms with E-state index >= 15 is 0 Å². The molecule has 6 rings (SSSR count). The fourth-order valence-electron chi connectivity index (χ4n) is 5.17. The number of amides is 1. The van der Waals surface area contributed by atoms with Gasteiger partial charge in [0.1, 0.15) is 18.0 Å². The maximum Gasteiger partial charge on any atom is 0.260 e. The molecule has 208 valence electrons. The summed E-state index contributed by atoms with van der Waals surface area (Å²) in [6, 6.07) is 17.9. The van der Waals surface area contributed by atoms with Crippen LogP contribution in [0.25, 0.3) is 22.5 Å². The van der Waals surface area contributed by atoms with Crippen molar-refractivity contribution in [1.82, 2.24) is 25.1 Å². The van der Waals surface area contributed by atoms with Gasteiger partial charge >= 0.3 is 0 Å². The number of pyridine rings is 1. The fraction of sp³-hybridized carbons (Fsp3) is 0.344. The number of nitriles is 1. The van der Waals surface area contributed by atoms with Gasteiger partial charge in [-0.3, -0.25) is 9.69 Å². The molecule has 1 aliphatic carbocycles. The Balaban J connectivity index is 1.38. The molecule has 1 saturated carbocycles. The molecule has 1 fully saturated rings. The van der Waals surface area contributed by atoms with Crippen molar-refractivity contribution in [2.75, 3.05) is 23.3 Å². The number of carbonyl (C=O) groups excluding carboxylic acids is 1. The van der Waals surface area contributed by atoms with Crippen molar-refractivity contribution >= 4 is 17.5 Å². The van der Waals surface area contributed by atoms with Crippen molar-refractivity contribution < 1.29 is 4.79 Å². The van der Waals surface area contributed by atoms with Gasteiger partial charge in [-0.05, 0) is 89.9 Å². The third-order valence-corrected chi connectivity index (χ3v) is 7.63. The summed E-state index contributed by atoms with van der Waals surface area (Å²) in [5, 5.41) is 25.0. The van der Waals surface area contributed by atoms with E-state index in [1.54, 1.807) is 17.3 Å². The zero-order valence-electron chi connectivity index (χ0n) is 23.7. The Bertz CT molecular complexity index is 1650. The van der Waals surface area contributed by atoms with Gasteiger partial charge in [0.25, 0.3) is 5.91 Å². The summed E-state index contributed by atoms with van der Waals surface area (Å²) in [7, 11) is 1.89. The lowest BCUT2D eigenvalue weighted by Gasteiger charge is -2.19. The molecule has 2 aromatic carbocycles. The van der Waals surface area contributed by atoms with Gasteiger partial charge in [0.2, 0.25) is 0 Å². The first-order chi connectivity index (χ1) is 19.9. The minimum absolute atomic E-state index is 0.0530. The summed E-state index contributed by atoms with van der Waals surface area (Å²) in [5.74, 6) is 3.08. The van der Waals surface area contributed by atoms with Crippen molar-refractivity contribution in [3.63, 3.8) is 0 Å². The number of nitrogens with one attached hydrogen (secondary N) is 2. The van der Waals surface area contributed by atoms with Crippen LogP contribution in [0.2, 0.25) is 0 Å². The van der Waals surface area contributed by atoms with Crippen molar-refractivity contribution in [2.45, 2.75) is 39.8 Å². The van der Waals surface area contributed by atoms with Crippen LogP contribution in [-0.2, 0) is 20.1 Å². The number of aromatic nitrogens is 4. The zero-order chi connectivity index (χ0) is 28.5. The highest BCUT2D eigenvalue weighted by atomic mass is 16.2. The molecule has 0 spiro atoms. The van der Waals surface area contributed by atoms with Gasteiger partial charge in [-0.1, -0.05) is 26.0 Å². The molecule has 1 aliphatic heterocycles. The Kier molecular flexibility index (Phi) is 7.25. The molecule has 2 aromatic heterocycles. The van der Waals surface area contributed by atoms with Crippen molar-refractivity contribution in [3.05, 3.63) is 77.1 Å². The molecule has 0 bridgehead atoms. The van der Waals surface area contributed by atoms with E-state index < -0.39 is 0 Å². The Morgan fingerprint density at radius 3 is 2.66 bits per heavy atom. The van der Waals surface area contributed by atoms with Gasteiger partial charge in [-0.25, -0.2) is 4.98 Å². The lowest BCUT2D eigenvalue weighted by atomic mass is 9.97. The van der Waals surface area contributed by atoms with Gasteiger partial charge in [-0.15, -0.1) is 10.2 Å². The highest BCUT2D eigenvalue weighted by Gasteiger charge is 2.30. The monoisotopic (exact) mass is 546 g/mol. The Morgan fingerprint density at radius 2 is 1.93 bits per heavy atom. The first-order valence-corrected chi connectivity index (χ1v) is 14.2. The number of anilines is 2. The Labute approximate surface area is 240 Å². The van der Waals surface area contributed by atoms with Gasteiger partial charge in [-0.2, -0.15) is 5.26 Å². The van der Waals surface area contributed by atoms with Crippen LogP contribution in [0.4, 0.5) is 11.6 Å². The first kappa shape index (κ1) is 26.7. The van der Waals surface area contributed by atoms with Crippen LogP contribution in [0.3, 0.4) is 0 Å². The summed E-state index contributed by atoms with van der Waals surface area (Å²) in [6.45, 7) is 7.25. The molecule has 9 nitrogen and oxygen atoms in total. The van der Waals surface area contributed by atoms with E-state index in [9.17, 15) is 10.1 Å². The number of benzene rings is 2. The smallest absolute Gasteiger partial charge is 0.260 e. The minimum Gasteiger partial charge on any atom is -0.370 e. The van der Waals surface area contributed by atoms with Gasteiger partial charge in [0.15, 0.2) is 5.82 Å². The molecular formula is C32H34N8O. The third kappa shape index (κ3) is 5.70. The van der Waals surface area contributed by atoms with Crippen molar-refractivity contribution in [1.29, 1.82) is 5.26 Å². The normalized spacial score (nSPS) is 14.4. The average Bonchev–Trinajstić information content (AvgIpc) is 3.62. The lowest BCUT2D eigenvalue weighted by Crippen LogP contribution is -2.24. The van der Waals surface area contributed by atoms with Gasteiger partial charge in [0, 0.05) is 31.3 Å². The first-order valence-electron chi connectivity index (χ1n) is 14.2. The quantitative estimate of drug-likeness (QED) is 0.283. The number of hydrogen-bond acceptors (Lipinski definition) is 7. The summed E-state index contributed by atoms with van der Waals surface area (Å²) >= 11 is 0. The number of fused-ring (bicyclic) bond motifs is 1. The van der Waals surface area contributed by atoms with E-state index in [1.807, 2.05) is 41.9 Å². The molecule has 1 amide bonds. The zero-order valence-corrected chi connectivity index (χ0v) is 23.7. The number of carbonyl (C=O) groups is 1. The molecule has 0 radical (unpaired) electrons. The number of nitrogens with zero attached hydrogens (tertiary/aromatic N) is 6. The summed E-state index contributed by atoms with van der Waals surface area (Å²) in [6.07, 6.45) is 4.28. The predicted octanol–water partition coefficient (Wildman–Crippen LogP) is 5.14. The van der Waals surface area contributed by atoms with Crippen molar-refractivity contribution in [2.24, 2.45) is 18.9 Å².